The smallest absolute Gasteiger partial charge is 0.407 e. The molecule has 3 N–H and O–H groups in total. The number of rotatable bonds is 9. The standard InChI is InChI=1S/C24H23N3O5S/c28-22(29)10-9-21(23(30)25-13-15-11-12-33-27-15)26-24(31)32-14-20-18-7-3-1-5-16(18)17-6-2-4-8-19(17)20/h1-8,11-12,20-21H,9-10,13-14H2,(H,25,30)(H,26,31)(H,28,29). The molecule has 2 aromatic carbocycles. The number of benzene rings is 2. The van der Waals surface area contributed by atoms with Crippen LogP contribution in [0.2, 0.25) is 0 Å². The molecule has 0 saturated carbocycles. The zero-order valence-electron chi connectivity index (χ0n) is 17.7. The van der Waals surface area contributed by atoms with Crippen molar-refractivity contribution in [3.8, 4) is 11.1 Å². The molecule has 2 amide bonds. The van der Waals surface area contributed by atoms with Crippen LogP contribution in [-0.4, -0.2) is 40.1 Å². The summed E-state index contributed by atoms with van der Waals surface area (Å²) < 4.78 is 9.60. The molecule has 1 heterocycles. The molecule has 0 radical (unpaired) electrons. The lowest BCUT2D eigenvalue weighted by Crippen LogP contribution is -2.47. The lowest BCUT2D eigenvalue weighted by atomic mass is 9.98. The molecule has 3 aromatic rings. The summed E-state index contributed by atoms with van der Waals surface area (Å²) in [5.41, 5.74) is 5.07. The number of carboxylic acids is 1. The third kappa shape index (κ3) is 5.38. The first-order valence-electron chi connectivity index (χ1n) is 10.5. The molecule has 1 aliphatic rings. The van der Waals surface area contributed by atoms with Crippen LogP contribution in [0.15, 0.2) is 60.0 Å². The third-order valence-electron chi connectivity index (χ3n) is 5.53. The maximum Gasteiger partial charge on any atom is 0.407 e. The third-order valence-corrected chi connectivity index (χ3v) is 6.13. The van der Waals surface area contributed by atoms with Gasteiger partial charge in [-0.2, -0.15) is 4.37 Å². The van der Waals surface area contributed by atoms with Gasteiger partial charge < -0.3 is 20.5 Å². The van der Waals surface area contributed by atoms with E-state index < -0.39 is 24.0 Å². The maximum atomic E-state index is 12.6. The lowest BCUT2D eigenvalue weighted by Gasteiger charge is -2.19. The molecule has 0 saturated heterocycles. The minimum Gasteiger partial charge on any atom is -0.481 e. The highest BCUT2D eigenvalue weighted by Crippen LogP contribution is 2.44. The molecule has 0 spiro atoms. The van der Waals surface area contributed by atoms with Gasteiger partial charge in [-0.05, 0) is 46.3 Å². The number of carboxylic acid groups (broad SMARTS) is 1. The molecule has 1 aliphatic carbocycles. The molecule has 4 rings (SSSR count). The minimum atomic E-state index is -1.05. The van der Waals surface area contributed by atoms with Crippen molar-refractivity contribution in [1.29, 1.82) is 0 Å². The topological polar surface area (TPSA) is 118 Å². The molecule has 9 heteroatoms. The van der Waals surface area contributed by atoms with Crippen LogP contribution in [0.3, 0.4) is 0 Å². The van der Waals surface area contributed by atoms with Crippen molar-refractivity contribution < 1.29 is 24.2 Å². The quantitative estimate of drug-likeness (QED) is 0.445. The van der Waals surface area contributed by atoms with Gasteiger partial charge in [0, 0.05) is 17.7 Å². The first-order chi connectivity index (χ1) is 16.0. The second-order valence-corrected chi connectivity index (χ2v) is 8.33. The summed E-state index contributed by atoms with van der Waals surface area (Å²) in [6.07, 6.45) is -1.09. The van der Waals surface area contributed by atoms with Crippen LogP contribution < -0.4 is 10.6 Å². The molecule has 0 aliphatic heterocycles. The van der Waals surface area contributed by atoms with Crippen molar-refractivity contribution in [3.63, 3.8) is 0 Å². The minimum absolute atomic E-state index is 0.0531. The number of carbonyl (C=O) groups excluding carboxylic acids is 2. The van der Waals surface area contributed by atoms with Gasteiger partial charge in [0.25, 0.3) is 0 Å². The maximum absolute atomic E-state index is 12.6. The van der Waals surface area contributed by atoms with Gasteiger partial charge in [-0.3, -0.25) is 9.59 Å². The molecule has 0 fully saturated rings. The van der Waals surface area contributed by atoms with E-state index in [0.29, 0.717) is 5.69 Å². The first-order valence-corrected chi connectivity index (χ1v) is 11.4. The van der Waals surface area contributed by atoms with Crippen LogP contribution in [0.4, 0.5) is 4.79 Å². The Balaban J connectivity index is 1.39. The van der Waals surface area contributed by atoms with Gasteiger partial charge in [0.2, 0.25) is 5.91 Å². The van der Waals surface area contributed by atoms with Crippen LogP contribution >= 0.6 is 11.5 Å². The van der Waals surface area contributed by atoms with Crippen LogP contribution in [0.25, 0.3) is 11.1 Å². The number of alkyl carbamates (subject to hydrolysis) is 1. The molecular weight excluding hydrogens is 442 g/mol. The van der Waals surface area contributed by atoms with E-state index in [-0.39, 0.29) is 31.9 Å². The summed E-state index contributed by atoms with van der Waals surface area (Å²) in [6.45, 7) is 0.296. The Morgan fingerprint density at radius 1 is 1.03 bits per heavy atom. The van der Waals surface area contributed by atoms with Crippen LogP contribution in [0.5, 0.6) is 0 Å². The fraction of sp³-hybridized carbons (Fsp3) is 0.250. The van der Waals surface area contributed by atoms with Gasteiger partial charge in [-0.25, -0.2) is 4.79 Å². The number of aliphatic carboxylic acids is 1. The number of carbonyl (C=O) groups is 3. The van der Waals surface area contributed by atoms with Crippen LogP contribution in [-0.2, 0) is 20.9 Å². The fourth-order valence-corrected chi connectivity index (χ4v) is 4.49. The Kier molecular flexibility index (Phi) is 6.99. The van der Waals surface area contributed by atoms with Crippen molar-refractivity contribution in [2.45, 2.75) is 31.3 Å². The highest BCUT2D eigenvalue weighted by atomic mass is 32.1. The Hall–Kier alpha value is -3.72. The van der Waals surface area contributed by atoms with Crippen molar-refractivity contribution in [1.82, 2.24) is 15.0 Å². The number of aromatic nitrogens is 1. The zero-order chi connectivity index (χ0) is 23.2. The van der Waals surface area contributed by atoms with E-state index in [2.05, 4.69) is 15.0 Å². The van der Waals surface area contributed by atoms with Crippen LogP contribution in [0.1, 0.15) is 35.6 Å². The van der Waals surface area contributed by atoms with Crippen molar-refractivity contribution in [3.05, 3.63) is 76.8 Å². The van der Waals surface area contributed by atoms with Crippen molar-refractivity contribution in [2.75, 3.05) is 6.61 Å². The second-order valence-electron chi connectivity index (χ2n) is 7.66. The highest BCUT2D eigenvalue weighted by molar-refractivity contribution is 7.03. The van der Waals surface area contributed by atoms with E-state index in [1.807, 2.05) is 48.5 Å². The Morgan fingerprint density at radius 3 is 2.30 bits per heavy atom. The summed E-state index contributed by atoms with van der Waals surface area (Å²) in [5.74, 6) is -1.65. The van der Waals surface area contributed by atoms with Gasteiger partial charge in [-0.1, -0.05) is 48.5 Å². The molecule has 8 nitrogen and oxygen atoms in total. The predicted octanol–water partition coefficient (Wildman–Crippen LogP) is 3.53. The van der Waals surface area contributed by atoms with Crippen molar-refractivity contribution >= 4 is 29.5 Å². The summed E-state index contributed by atoms with van der Waals surface area (Å²) in [4.78, 5) is 36.1. The molecule has 1 unspecified atom stereocenters. The number of nitrogens with one attached hydrogen (secondary N) is 2. The van der Waals surface area contributed by atoms with E-state index >= 15 is 0 Å². The average Bonchev–Trinajstić information content (AvgIpc) is 3.45. The average molecular weight is 466 g/mol. The van der Waals surface area contributed by atoms with Gasteiger partial charge in [0.15, 0.2) is 0 Å². The van der Waals surface area contributed by atoms with E-state index in [9.17, 15) is 14.4 Å². The van der Waals surface area contributed by atoms with E-state index in [1.165, 1.54) is 11.5 Å². The van der Waals surface area contributed by atoms with Gasteiger partial charge in [0.1, 0.15) is 12.6 Å². The molecule has 0 bridgehead atoms. The second kappa shape index (κ2) is 10.3. The SMILES string of the molecule is O=C(O)CCC(NC(=O)OCC1c2ccccc2-c2ccccc21)C(=O)NCc1ccsn1. The summed E-state index contributed by atoms with van der Waals surface area (Å²) in [7, 11) is 0. The lowest BCUT2D eigenvalue weighted by molar-refractivity contribution is -0.137. The number of hydrogen-bond donors (Lipinski definition) is 3. The normalized spacial score (nSPS) is 13.0. The molecule has 1 atom stereocenters. The summed E-state index contributed by atoms with van der Waals surface area (Å²) >= 11 is 1.26. The monoisotopic (exact) mass is 465 g/mol. The Bertz CT molecular complexity index is 1100. The number of hydrogen-bond acceptors (Lipinski definition) is 6. The Morgan fingerprint density at radius 2 is 1.70 bits per heavy atom. The molecule has 33 heavy (non-hydrogen) atoms. The van der Waals surface area contributed by atoms with E-state index in [0.717, 1.165) is 22.3 Å². The molecular formula is C24H23N3O5S. The van der Waals surface area contributed by atoms with Gasteiger partial charge >= 0.3 is 12.1 Å². The van der Waals surface area contributed by atoms with Gasteiger partial charge in [-0.15, -0.1) is 0 Å². The first kappa shape index (κ1) is 22.5. The van der Waals surface area contributed by atoms with Crippen molar-refractivity contribution in [2.24, 2.45) is 0 Å². The molecule has 1 aromatic heterocycles. The number of ether oxygens (including phenoxy) is 1. The van der Waals surface area contributed by atoms with E-state index in [4.69, 9.17) is 9.84 Å². The Labute approximate surface area is 194 Å². The number of nitrogens with zero attached hydrogens (tertiary/aromatic N) is 1. The predicted molar refractivity (Wildman–Crippen MR) is 123 cm³/mol. The largest absolute Gasteiger partial charge is 0.481 e. The molecule has 170 valence electrons. The fourth-order valence-electron chi connectivity index (χ4n) is 3.95. The number of fused-ring (bicyclic) bond motifs is 3. The summed E-state index contributed by atoms with van der Waals surface area (Å²) in [5, 5.41) is 16.0. The highest BCUT2D eigenvalue weighted by Gasteiger charge is 2.30. The number of amides is 2. The van der Waals surface area contributed by atoms with E-state index in [1.54, 1.807) is 11.4 Å². The van der Waals surface area contributed by atoms with Crippen LogP contribution in [0, 0.1) is 0 Å². The van der Waals surface area contributed by atoms with Gasteiger partial charge in [0.05, 0.1) is 12.2 Å². The summed E-state index contributed by atoms with van der Waals surface area (Å²) in [6, 6.07) is 16.7. The zero-order valence-corrected chi connectivity index (χ0v) is 18.5.